The number of benzene rings is 1. The van der Waals surface area contributed by atoms with Gasteiger partial charge in [0.1, 0.15) is 11.4 Å². The number of fused-ring (bicyclic) bond motifs is 1. The van der Waals surface area contributed by atoms with Crippen LogP contribution in [0.2, 0.25) is 0 Å². The number of hydrogen-bond acceptors (Lipinski definition) is 8. The molecular formula is C25H32N6O2S. The molecule has 2 aromatic heterocycles. The zero-order chi connectivity index (χ0) is 23.9. The van der Waals surface area contributed by atoms with E-state index in [4.69, 9.17) is 4.74 Å². The highest BCUT2D eigenvalue weighted by atomic mass is 32.1. The molecule has 3 heterocycles. The minimum atomic E-state index is -0.0917. The van der Waals surface area contributed by atoms with Crippen LogP contribution in [0.15, 0.2) is 48.0 Å². The van der Waals surface area contributed by atoms with Crippen LogP contribution in [-0.2, 0) is 11.3 Å². The molecule has 0 bridgehead atoms. The van der Waals surface area contributed by atoms with Gasteiger partial charge in [-0.05, 0) is 56.1 Å². The molecule has 1 amide bonds. The van der Waals surface area contributed by atoms with Gasteiger partial charge >= 0.3 is 0 Å². The Morgan fingerprint density at radius 3 is 2.88 bits per heavy atom. The van der Waals surface area contributed by atoms with Crippen LogP contribution in [-0.4, -0.2) is 56.1 Å². The molecule has 4 rings (SSSR count). The van der Waals surface area contributed by atoms with Gasteiger partial charge in [-0.25, -0.2) is 4.98 Å². The van der Waals surface area contributed by atoms with Crippen molar-refractivity contribution in [3.8, 4) is 0 Å². The lowest BCUT2D eigenvalue weighted by atomic mass is 10.1. The molecule has 8 nitrogen and oxygen atoms in total. The van der Waals surface area contributed by atoms with Crippen LogP contribution in [0.3, 0.4) is 0 Å². The highest BCUT2D eigenvalue weighted by molar-refractivity contribution is 7.10. The topological polar surface area (TPSA) is 82.6 Å². The monoisotopic (exact) mass is 480 g/mol. The maximum Gasteiger partial charge on any atom is 0.263 e. The van der Waals surface area contributed by atoms with E-state index in [9.17, 15) is 4.79 Å². The van der Waals surface area contributed by atoms with Crippen molar-refractivity contribution in [3.05, 3.63) is 64.0 Å². The number of aromatic nitrogens is 2. The Bertz CT molecular complexity index is 1090. The quantitative estimate of drug-likeness (QED) is 0.455. The van der Waals surface area contributed by atoms with E-state index in [-0.39, 0.29) is 12.0 Å². The van der Waals surface area contributed by atoms with E-state index in [0.717, 1.165) is 30.8 Å². The van der Waals surface area contributed by atoms with E-state index in [1.165, 1.54) is 4.88 Å². The fraction of sp³-hybridized carbons (Fsp3) is 0.400. The Morgan fingerprint density at radius 1 is 1.24 bits per heavy atom. The number of anilines is 3. The summed E-state index contributed by atoms with van der Waals surface area (Å²) in [6.45, 7) is 5.31. The second kappa shape index (κ2) is 11.4. The van der Waals surface area contributed by atoms with Crippen LogP contribution in [0.1, 0.15) is 40.2 Å². The lowest BCUT2D eigenvalue weighted by Gasteiger charge is -2.22. The lowest BCUT2D eigenvalue weighted by Crippen LogP contribution is -2.33. The van der Waals surface area contributed by atoms with Gasteiger partial charge in [-0.2, -0.15) is 4.98 Å². The summed E-state index contributed by atoms with van der Waals surface area (Å²) in [6.07, 6.45) is 2.57. The summed E-state index contributed by atoms with van der Waals surface area (Å²) in [5.41, 5.74) is 2.40. The minimum Gasteiger partial charge on any atom is -0.368 e. The second-order valence-electron chi connectivity index (χ2n) is 8.22. The van der Waals surface area contributed by atoms with E-state index in [1.54, 1.807) is 22.4 Å². The predicted molar refractivity (Wildman–Crippen MR) is 138 cm³/mol. The van der Waals surface area contributed by atoms with E-state index >= 15 is 0 Å². The van der Waals surface area contributed by atoms with Crippen LogP contribution >= 0.6 is 11.3 Å². The van der Waals surface area contributed by atoms with Crippen LogP contribution in [0, 0.1) is 0 Å². The molecule has 34 heavy (non-hydrogen) atoms. The zero-order valence-corrected chi connectivity index (χ0v) is 20.8. The number of rotatable bonds is 10. The summed E-state index contributed by atoms with van der Waals surface area (Å²) >= 11 is 1.72. The summed E-state index contributed by atoms with van der Waals surface area (Å²) < 4.78 is 6.31. The first-order valence-electron chi connectivity index (χ1n) is 11.6. The number of carbonyl (C=O) groups excluding carboxylic acids is 1. The predicted octanol–water partition coefficient (Wildman–Crippen LogP) is 3.93. The van der Waals surface area contributed by atoms with Gasteiger partial charge in [-0.1, -0.05) is 18.2 Å². The van der Waals surface area contributed by atoms with Gasteiger partial charge in [0.15, 0.2) is 0 Å². The van der Waals surface area contributed by atoms with Crippen molar-refractivity contribution >= 4 is 34.7 Å². The molecule has 1 aromatic carbocycles. The summed E-state index contributed by atoms with van der Waals surface area (Å²) in [5, 5.41) is 8.40. The third-order valence-electron chi connectivity index (χ3n) is 5.79. The Hall–Kier alpha value is -3.01. The lowest BCUT2D eigenvalue weighted by molar-refractivity contribution is 0.0367. The normalized spacial score (nSPS) is 14.6. The van der Waals surface area contributed by atoms with Crippen molar-refractivity contribution < 1.29 is 9.53 Å². The number of nitrogens with zero attached hydrogens (tertiary/aromatic N) is 4. The molecule has 0 spiro atoms. The first kappa shape index (κ1) is 24.1. The van der Waals surface area contributed by atoms with Gasteiger partial charge < -0.3 is 25.2 Å². The molecule has 0 saturated heterocycles. The van der Waals surface area contributed by atoms with Crippen molar-refractivity contribution in [1.29, 1.82) is 0 Å². The summed E-state index contributed by atoms with van der Waals surface area (Å²) in [7, 11) is 3.91. The van der Waals surface area contributed by atoms with E-state index in [1.807, 2.05) is 50.2 Å². The molecule has 0 aliphatic carbocycles. The average Bonchev–Trinajstić information content (AvgIpc) is 3.35. The molecule has 3 aromatic rings. The van der Waals surface area contributed by atoms with Crippen molar-refractivity contribution in [2.75, 3.05) is 55.4 Å². The average molecular weight is 481 g/mol. The number of ether oxygens (including phenoxy) is 1. The van der Waals surface area contributed by atoms with Gasteiger partial charge in [0.25, 0.3) is 5.91 Å². The van der Waals surface area contributed by atoms with Gasteiger partial charge in [-0.3, -0.25) is 4.79 Å². The number of likely N-dealkylation sites (N-methyl/N-ethyl adjacent to an activating group) is 1. The smallest absolute Gasteiger partial charge is 0.263 e. The molecule has 1 aliphatic rings. The van der Waals surface area contributed by atoms with Crippen molar-refractivity contribution in [1.82, 2.24) is 15.3 Å². The maximum absolute atomic E-state index is 13.5. The van der Waals surface area contributed by atoms with Crippen molar-refractivity contribution in [2.45, 2.75) is 26.1 Å². The molecular weight excluding hydrogens is 448 g/mol. The summed E-state index contributed by atoms with van der Waals surface area (Å²) in [5.74, 6) is 1.10. The number of nitrogens with one attached hydrogen (secondary N) is 2. The Balaban J connectivity index is 1.52. The maximum atomic E-state index is 13.5. The first-order chi connectivity index (χ1) is 16.6. The van der Waals surface area contributed by atoms with Crippen LogP contribution in [0.5, 0.6) is 0 Å². The minimum absolute atomic E-state index is 0.0412. The Morgan fingerprint density at radius 2 is 2.12 bits per heavy atom. The fourth-order valence-corrected chi connectivity index (χ4v) is 4.78. The third-order valence-corrected chi connectivity index (χ3v) is 6.75. The molecule has 1 unspecified atom stereocenters. The number of hydrogen-bond donors (Lipinski definition) is 2. The van der Waals surface area contributed by atoms with Gasteiger partial charge in [0, 0.05) is 43.4 Å². The second-order valence-corrected chi connectivity index (χ2v) is 9.20. The van der Waals surface area contributed by atoms with E-state index < -0.39 is 0 Å². The summed E-state index contributed by atoms with van der Waals surface area (Å²) in [6, 6.07) is 12.2. The van der Waals surface area contributed by atoms with Crippen LogP contribution < -0.4 is 20.4 Å². The van der Waals surface area contributed by atoms with E-state index in [2.05, 4.69) is 38.1 Å². The first-order valence-corrected chi connectivity index (χ1v) is 12.5. The number of carbonyl (C=O) groups is 1. The third kappa shape index (κ3) is 5.55. The highest BCUT2D eigenvalue weighted by Crippen LogP contribution is 2.29. The Labute approximate surface area is 205 Å². The SMILES string of the molecule is CCNc1ncc2c(n1)N(C)CCN(c1cccc(COC(CCNC)c3cccs3)c1)C2=O. The van der Waals surface area contributed by atoms with Crippen LogP contribution in [0.4, 0.5) is 17.5 Å². The van der Waals surface area contributed by atoms with Crippen LogP contribution in [0.25, 0.3) is 0 Å². The van der Waals surface area contributed by atoms with E-state index in [0.29, 0.717) is 37.0 Å². The van der Waals surface area contributed by atoms with Crippen molar-refractivity contribution in [3.63, 3.8) is 0 Å². The number of thiophene rings is 1. The Kier molecular flexibility index (Phi) is 8.10. The zero-order valence-electron chi connectivity index (χ0n) is 20.0. The highest BCUT2D eigenvalue weighted by Gasteiger charge is 2.28. The molecule has 0 saturated carbocycles. The molecule has 9 heteroatoms. The molecule has 0 fully saturated rings. The van der Waals surface area contributed by atoms with Gasteiger partial charge in [0.05, 0.1) is 12.7 Å². The molecule has 1 aliphatic heterocycles. The largest absolute Gasteiger partial charge is 0.368 e. The molecule has 1 atom stereocenters. The summed E-state index contributed by atoms with van der Waals surface area (Å²) in [4.78, 5) is 27.4. The van der Waals surface area contributed by atoms with Crippen molar-refractivity contribution in [2.24, 2.45) is 0 Å². The molecule has 0 radical (unpaired) electrons. The van der Waals surface area contributed by atoms with Gasteiger partial charge in [-0.15, -0.1) is 11.3 Å². The number of amides is 1. The fourth-order valence-electron chi connectivity index (χ4n) is 3.98. The van der Waals surface area contributed by atoms with Gasteiger partial charge in [0.2, 0.25) is 5.95 Å². The molecule has 180 valence electrons. The standard InChI is InChI=1S/C25H32N6O2S/c1-4-27-25-28-16-20-23(29-25)30(3)12-13-31(24(20)32)19-8-5-7-18(15-19)17-33-21(10-11-26-2)22-9-6-14-34-22/h5-9,14-16,21,26H,4,10-13,17H2,1-3H3,(H,27,28,29). The molecule has 2 N–H and O–H groups in total.